The Balaban J connectivity index is 2.20. The summed E-state index contributed by atoms with van der Waals surface area (Å²) < 4.78 is 0.268. The Kier molecular flexibility index (Phi) is 4.47. The molecule has 2 rings (SSSR count). The zero-order valence-corrected chi connectivity index (χ0v) is 12.4. The van der Waals surface area contributed by atoms with Gasteiger partial charge in [-0.25, -0.2) is 0 Å². The highest BCUT2D eigenvalue weighted by Gasteiger charge is 2.16. The lowest BCUT2D eigenvalue weighted by atomic mass is 10.2. The first-order chi connectivity index (χ1) is 10.4. The van der Waals surface area contributed by atoms with Gasteiger partial charge in [-0.3, -0.25) is 25.0 Å². The van der Waals surface area contributed by atoms with E-state index in [2.05, 4.69) is 21.2 Å². The first kappa shape index (κ1) is 15.6. The molecule has 0 fully saturated rings. The fourth-order valence-electron chi connectivity index (χ4n) is 1.66. The van der Waals surface area contributed by atoms with E-state index in [1.165, 1.54) is 36.4 Å². The van der Waals surface area contributed by atoms with Crippen LogP contribution in [0.2, 0.25) is 0 Å². The monoisotopic (exact) mass is 365 g/mol. The van der Waals surface area contributed by atoms with E-state index in [9.17, 15) is 25.0 Å². The highest BCUT2D eigenvalue weighted by atomic mass is 79.9. The average molecular weight is 366 g/mol. The van der Waals surface area contributed by atoms with Crippen LogP contribution in [0.3, 0.4) is 0 Å². The summed E-state index contributed by atoms with van der Waals surface area (Å²) in [4.78, 5) is 32.3. The maximum atomic E-state index is 12.0. The van der Waals surface area contributed by atoms with Gasteiger partial charge in [-0.1, -0.05) is 0 Å². The highest BCUT2D eigenvalue weighted by Crippen LogP contribution is 2.26. The molecule has 0 heterocycles. The van der Waals surface area contributed by atoms with Crippen molar-refractivity contribution in [3.8, 4) is 0 Å². The van der Waals surface area contributed by atoms with Gasteiger partial charge in [-0.05, 0) is 40.2 Å². The van der Waals surface area contributed by atoms with Gasteiger partial charge in [-0.15, -0.1) is 0 Å². The molecule has 0 atom stereocenters. The minimum Gasteiger partial charge on any atom is -0.322 e. The molecule has 112 valence electrons. The third kappa shape index (κ3) is 3.44. The van der Waals surface area contributed by atoms with E-state index >= 15 is 0 Å². The Labute approximate surface area is 132 Å². The molecule has 22 heavy (non-hydrogen) atoms. The van der Waals surface area contributed by atoms with Crippen molar-refractivity contribution in [2.45, 2.75) is 0 Å². The molecule has 1 amide bonds. The number of hydrogen-bond acceptors (Lipinski definition) is 5. The lowest BCUT2D eigenvalue weighted by Crippen LogP contribution is -2.12. The molecule has 0 bridgehead atoms. The zero-order chi connectivity index (χ0) is 16.3. The predicted octanol–water partition coefficient (Wildman–Crippen LogP) is 3.52. The average Bonchev–Trinajstić information content (AvgIpc) is 2.47. The molecule has 2 aromatic rings. The van der Waals surface area contributed by atoms with Gasteiger partial charge in [0.2, 0.25) is 0 Å². The molecule has 0 radical (unpaired) electrons. The minimum atomic E-state index is -0.604. The van der Waals surface area contributed by atoms with Crippen LogP contribution in [0.5, 0.6) is 0 Å². The maximum absolute atomic E-state index is 12.0. The van der Waals surface area contributed by atoms with Gasteiger partial charge < -0.3 is 5.32 Å². The van der Waals surface area contributed by atoms with Crippen molar-refractivity contribution in [2.24, 2.45) is 0 Å². The molecule has 0 aliphatic heterocycles. The number of non-ortho nitro benzene ring substituents is 1. The Morgan fingerprint density at radius 3 is 2.18 bits per heavy atom. The van der Waals surface area contributed by atoms with Crippen LogP contribution < -0.4 is 5.32 Å². The van der Waals surface area contributed by atoms with Crippen molar-refractivity contribution in [1.29, 1.82) is 0 Å². The van der Waals surface area contributed by atoms with Crippen molar-refractivity contribution in [2.75, 3.05) is 5.32 Å². The number of rotatable bonds is 4. The summed E-state index contributed by atoms with van der Waals surface area (Å²) in [5, 5.41) is 23.9. The second-order valence-electron chi connectivity index (χ2n) is 4.18. The Bertz CT molecular complexity index is 761. The summed E-state index contributed by atoms with van der Waals surface area (Å²) >= 11 is 3.03. The number of benzene rings is 2. The molecule has 0 aromatic heterocycles. The van der Waals surface area contributed by atoms with Crippen LogP contribution >= 0.6 is 15.9 Å². The van der Waals surface area contributed by atoms with Crippen molar-refractivity contribution in [3.05, 3.63) is 72.7 Å². The normalized spacial score (nSPS) is 10.0. The van der Waals surface area contributed by atoms with Crippen molar-refractivity contribution in [3.63, 3.8) is 0 Å². The topological polar surface area (TPSA) is 115 Å². The van der Waals surface area contributed by atoms with E-state index in [1.807, 2.05) is 0 Å². The third-order valence-electron chi connectivity index (χ3n) is 2.74. The lowest BCUT2D eigenvalue weighted by Gasteiger charge is -2.05. The maximum Gasteiger partial charge on any atom is 0.284 e. The van der Waals surface area contributed by atoms with Gasteiger partial charge in [0.15, 0.2) is 0 Å². The summed E-state index contributed by atoms with van der Waals surface area (Å²) in [5.74, 6) is -0.551. The van der Waals surface area contributed by atoms with E-state index in [-0.39, 0.29) is 21.4 Å². The lowest BCUT2D eigenvalue weighted by molar-refractivity contribution is -0.385. The second-order valence-corrected chi connectivity index (χ2v) is 5.04. The van der Waals surface area contributed by atoms with Crippen LogP contribution in [0.25, 0.3) is 0 Å². The van der Waals surface area contributed by atoms with Crippen LogP contribution in [-0.4, -0.2) is 15.8 Å². The van der Waals surface area contributed by atoms with Gasteiger partial charge >= 0.3 is 0 Å². The largest absolute Gasteiger partial charge is 0.322 e. The van der Waals surface area contributed by atoms with Crippen LogP contribution in [0.4, 0.5) is 17.1 Å². The quantitative estimate of drug-likeness (QED) is 0.657. The third-order valence-corrected chi connectivity index (χ3v) is 3.41. The van der Waals surface area contributed by atoms with Crippen LogP contribution in [0, 0.1) is 20.2 Å². The summed E-state index contributed by atoms with van der Waals surface area (Å²) in [6.07, 6.45) is 0. The number of carbonyl (C=O) groups is 1. The molecular formula is C13H8BrN3O5. The number of nitro benzene ring substituents is 2. The van der Waals surface area contributed by atoms with Crippen LogP contribution in [0.1, 0.15) is 10.4 Å². The Morgan fingerprint density at radius 2 is 1.64 bits per heavy atom. The van der Waals surface area contributed by atoms with Crippen LogP contribution in [0.15, 0.2) is 46.9 Å². The SMILES string of the molecule is O=C(Nc1ccc([N+](=O)[O-])cc1)c1ccc(Br)c([N+](=O)[O-])c1. The number of hydrogen-bond donors (Lipinski definition) is 1. The van der Waals surface area contributed by atoms with Crippen LogP contribution in [-0.2, 0) is 0 Å². The molecule has 0 aliphatic rings. The molecule has 0 unspecified atom stereocenters. The Morgan fingerprint density at radius 1 is 1.00 bits per heavy atom. The number of halogens is 1. The zero-order valence-electron chi connectivity index (χ0n) is 10.9. The summed E-state index contributed by atoms with van der Waals surface area (Å²) in [6, 6.07) is 9.23. The fourth-order valence-corrected chi connectivity index (χ4v) is 2.05. The van der Waals surface area contributed by atoms with Gasteiger partial charge in [0, 0.05) is 29.4 Å². The van der Waals surface area contributed by atoms with E-state index in [0.717, 1.165) is 6.07 Å². The molecule has 0 saturated carbocycles. The first-order valence-electron chi connectivity index (χ1n) is 5.88. The molecular weight excluding hydrogens is 358 g/mol. The number of nitro groups is 2. The van der Waals surface area contributed by atoms with Gasteiger partial charge in [0.05, 0.1) is 14.3 Å². The van der Waals surface area contributed by atoms with E-state index in [0.29, 0.717) is 5.69 Å². The van der Waals surface area contributed by atoms with E-state index in [4.69, 9.17) is 0 Å². The molecule has 0 spiro atoms. The smallest absolute Gasteiger partial charge is 0.284 e. The molecule has 9 heteroatoms. The van der Waals surface area contributed by atoms with E-state index in [1.54, 1.807) is 0 Å². The summed E-state index contributed by atoms with van der Waals surface area (Å²) in [6.45, 7) is 0. The van der Waals surface area contributed by atoms with Gasteiger partial charge in [0.25, 0.3) is 17.3 Å². The number of amides is 1. The van der Waals surface area contributed by atoms with Crippen molar-refractivity contribution >= 4 is 38.9 Å². The van der Waals surface area contributed by atoms with Gasteiger partial charge in [-0.2, -0.15) is 0 Å². The van der Waals surface area contributed by atoms with E-state index < -0.39 is 15.8 Å². The minimum absolute atomic E-state index is 0.0997. The highest BCUT2D eigenvalue weighted by molar-refractivity contribution is 9.10. The Hall–Kier alpha value is -2.81. The number of nitrogens with one attached hydrogen (secondary N) is 1. The molecule has 0 aliphatic carbocycles. The standard InChI is InChI=1S/C13H8BrN3O5/c14-11-6-1-8(7-12(11)17(21)22)13(18)15-9-2-4-10(5-3-9)16(19)20/h1-7H,(H,15,18). The fraction of sp³-hybridized carbons (Fsp3) is 0. The molecule has 2 aromatic carbocycles. The number of carbonyl (C=O) groups excluding carboxylic acids is 1. The number of anilines is 1. The second kappa shape index (κ2) is 6.31. The first-order valence-corrected chi connectivity index (χ1v) is 6.67. The van der Waals surface area contributed by atoms with Crippen molar-refractivity contribution < 1.29 is 14.6 Å². The summed E-state index contributed by atoms with van der Waals surface area (Å²) in [7, 11) is 0. The predicted molar refractivity (Wildman–Crippen MR) is 81.8 cm³/mol. The summed E-state index contributed by atoms with van der Waals surface area (Å²) in [5.41, 5.74) is 0.128. The molecule has 1 N–H and O–H groups in total. The number of nitrogens with zero attached hydrogens (tertiary/aromatic N) is 2. The molecule has 8 nitrogen and oxygen atoms in total. The van der Waals surface area contributed by atoms with Crippen molar-refractivity contribution in [1.82, 2.24) is 0 Å². The molecule has 0 saturated heterocycles. The van der Waals surface area contributed by atoms with Gasteiger partial charge in [0.1, 0.15) is 0 Å².